The lowest BCUT2D eigenvalue weighted by Crippen LogP contribution is -2.71. The van der Waals surface area contributed by atoms with Gasteiger partial charge in [-0.2, -0.15) is 0 Å². The largest absolute Gasteiger partial charge is 0.543 e. The lowest BCUT2D eigenvalue weighted by Gasteiger charge is -2.51. The van der Waals surface area contributed by atoms with Gasteiger partial charge < -0.3 is 35.4 Å². The molecular formula is C18H22N6O7S2. The zero-order valence-corrected chi connectivity index (χ0v) is 19.6. The molecule has 0 bridgehead atoms. The number of carboxylic acids is 2. The van der Waals surface area contributed by atoms with Crippen molar-refractivity contribution in [2.75, 3.05) is 45.8 Å². The summed E-state index contributed by atoms with van der Waals surface area (Å²) >= 11 is 2.35. The van der Waals surface area contributed by atoms with Gasteiger partial charge in [-0.3, -0.25) is 14.5 Å². The number of thioether (sulfide) groups is 1. The van der Waals surface area contributed by atoms with E-state index in [9.17, 15) is 24.3 Å². The number of β-lactam (4-membered cyclic amide) rings is 1. The molecular weight excluding hydrogens is 476 g/mol. The number of nitrogen functional groups attached to an aromatic ring is 1. The third-order valence-corrected chi connectivity index (χ3v) is 6.53. The molecule has 1 fully saturated rings. The van der Waals surface area contributed by atoms with E-state index in [4.69, 9.17) is 10.8 Å². The van der Waals surface area contributed by atoms with Crippen LogP contribution in [0.2, 0.25) is 0 Å². The standard InChI is InChI=1S/C18H22N6O7S2/c1-24(2,3)4-8-6-32-16-12(15(28)23(16)13(8)17(29)30)21-14(27)11(22-31-5-10(25)26)9-7-33-18(19)20-9/h7,12,16H,4-6H2,1-3H3,(H4-,19,20,21,25,26,27,29,30)/t12?,16-/m0/s1. The Kier molecular flexibility index (Phi) is 6.94. The van der Waals surface area contributed by atoms with E-state index >= 15 is 0 Å². The van der Waals surface area contributed by atoms with Crippen LogP contribution in [0, 0.1) is 0 Å². The molecule has 2 atom stereocenters. The second-order valence-corrected chi connectivity index (χ2v) is 10.2. The molecule has 1 unspecified atom stereocenters. The van der Waals surface area contributed by atoms with Crippen LogP contribution in [-0.2, 0) is 24.0 Å². The van der Waals surface area contributed by atoms with E-state index in [0.29, 0.717) is 22.4 Å². The van der Waals surface area contributed by atoms with E-state index < -0.39 is 41.8 Å². The Morgan fingerprint density at radius 2 is 2.12 bits per heavy atom. The van der Waals surface area contributed by atoms with E-state index in [1.54, 1.807) is 0 Å². The van der Waals surface area contributed by atoms with Gasteiger partial charge in [0.15, 0.2) is 10.8 Å². The summed E-state index contributed by atoms with van der Waals surface area (Å²) < 4.78 is 0.465. The Morgan fingerprint density at radius 3 is 2.67 bits per heavy atom. The minimum Gasteiger partial charge on any atom is -0.543 e. The number of nitrogens with zero attached hydrogens (tertiary/aromatic N) is 4. The van der Waals surface area contributed by atoms with Gasteiger partial charge in [0, 0.05) is 16.7 Å². The fourth-order valence-electron chi connectivity index (χ4n) is 3.33. The quantitative estimate of drug-likeness (QED) is 0.144. The fraction of sp³-hybridized carbons (Fsp3) is 0.444. The third kappa shape index (κ3) is 5.43. The summed E-state index contributed by atoms with van der Waals surface area (Å²) in [5.41, 5.74) is 5.68. The molecule has 1 aromatic heterocycles. The highest BCUT2D eigenvalue weighted by Crippen LogP contribution is 2.40. The molecule has 0 saturated carbocycles. The Balaban J connectivity index is 1.80. The lowest BCUT2D eigenvalue weighted by molar-refractivity contribution is -0.865. The molecule has 1 saturated heterocycles. The highest BCUT2D eigenvalue weighted by atomic mass is 32.2. The van der Waals surface area contributed by atoms with Crippen LogP contribution in [0.4, 0.5) is 5.13 Å². The number of hydrogen-bond donors (Lipinski definition) is 3. The van der Waals surface area contributed by atoms with E-state index in [-0.39, 0.29) is 22.2 Å². The topological polar surface area (TPSA) is 187 Å². The summed E-state index contributed by atoms with van der Waals surface area (Å²) in [6.45, 7) is -0.382. The third-order valence-electron chi connectivity index (χ3n) is 4.52. The summed E-state index contributed by atoms with van der Waals surface area (Å²) in [6, 6.07) is -1.02. The van der Waals surface area contributed by atoms with Crippen molar-refractivity contribution in [2.24, 2.45) is 5.16 Å². The number of oxime groups is 1. The molecule has 2 amide bonds. The van der Waals surface area contributed by atoms with Crippen LogP contribution < -0.4 is 16.2 Å². The number of carboxylic acid groups (broad SMARTS) is 2. The number of likely N-dealkylation sites (N-methyl/N-ethyl adjacent to an activating group) is 1. The molecule has 2 aliphatic rings. The molecule has 15 heteroatoms. The van der Waals surface area contributed by atoms with Crippen molar-refractivity contribution >= 4 is 57.7 Å². The van der Waals surface area contributed by atoms with Crippen LogP contribution in [0.3, 0.4) is 0 Å². The van der Waals surface area contributed by atoms with Gasteiger partial charge in [-0.25, -0.2) is 9.78 Å². The number of anilines is 1. The zero-order chi connectivity index (χ0) is 24.5. The predicted molar refractivity (Wildman–Crippen MR) is 117 cm³/mol. The highest BCUT2D eigenvalue weighted by Gasteiger charge is 2.53. The van der Waals surface area contributed by atoms with Gasteiger partial charge in [-0.15, -0.1) is 23.1 Å². The Morgan fingerprint density at radius 1 is 1.42 bits per heavy atom. The van der Waals surface area contributed by atoms with Crippen LogP contribution in [0.5, 0.6) is 0 Å². The average Bonchev–Trinajstić information content (AvgIpc) is 3.13. The van der Waals surface area contributed by atoms with Gasteiger partial charge in [0.1, 0.15) is 23.7 Å². The summed E-state index contributed by atoms with van der Waals surface area (Å²) in [7, 11) is 5.70. The molecule has 3 heterocycles. The number of hydrogen-bond acceptors (Lipinski definition) is 11. The Labute approximate surface area is 196 Å². The number of aliphatic carboxylic acids is 2. The first kappa shape index (κ1) is 24.5. The minimum atomic E-state index is -1.45. The summed E-state index contributed by atoms with van der Waals surface area (Å²) in [5, 5.41) is 27.5. The van der Waals surface area contributed by atoms with Crippen molar-refractivity contribution in [2.45, 2.75) is 11.4 Å². The number of quaternary nitrogens is 1. The maximum atomic E-state index is 12.9. The van der Waals surface area contributed by atoms with E-state index in [1.165, 1.54) is 17.1 Å². The molecule has 1 aromatic rings. The molecule has 4 N–H and O–H groups in total. The Bertz CT molecular complexity index is 1060. The van der Waals surface area contributed by atoms with E-state index in [2.05, 4.69) is 20.3 Å². The molecule has 0 spiro atoms. The normalized spacial score (nSPS) is 20.8. The van der Waals surface area contributed by atoms with Crippen molar-refractivity contribution < 1.29 is 38.7 Å². The number of fused-ring (bicyclic) bond motifs is 1. The van der Waals surface area contributed by atoms with Gasteiger partial charge in [-0.1, -0.05) is 5.16 Å². The molecule has 33 heavy (non-hydrogen) atoms. The first-order valence-corrected chi connectivity index (χ1v) is 11.4. The van der Waals surface area contributed by atoms with Crippen LogP contribution in [0.25, 0.3) is 0 Å². The average molecular weight is 499 g/mol. The smallest absolute Gasteiger partial charge is 0.344 e. The number of amides is 2. The van der Waals surface area contributed by atoms with Gasteiger partial charge in [0.05, 0.1) is 32.8 Å². The molecule has 0 aromatic carbocycles. The summed E-state index contributed by atoms with van der Waals surface area (Å²) in [6.07, 6.45) is 0. The van der Waals surface area contributed by atoms with E-state index in [1.807, 2.05) is 21.1 Å². The number of carbonyl (C=O) groups is 4. The number of carbonyl (C=O) groups excluding carboxylic acids is 3. The molecule has 3 rings (SSSR count). The number of aromatic nitrogens is 1. The number of thiazole rings is 1. The van der Waals surface area contributed by atoms with Crippen LogP contribution in [0.1, 0.15) is 5.69 Å². The van der Waals surface area contributed by atoms with Crippen molar-refractivity contribution in [3.8, 4) is 0 Å². The zero-order valence-electron chi connectivity index (χ0n) is 17.9. The fourth-order valence-corrected chi connectivity index (χ4v) is 5.21. The van der Waals surface area contributed by atoms with Crippen LogP contribution in [-0.4, -0.2) is 100 Å². The van der Waals surface area contributed by atoms with Crippen LogP contribution >= 0.6 is 23.1 Å². The highest BCUT2D eigenvalue weighted by molar-refractivity contribution is 8.00. The number of nitrogens with one attached hydrogen (secondary N) is 1. The predicted octanol–water partition coefficient (Wildman–Crippen LogP) is -2.36. The SMILES string of the molecule is C[N+](C)(C)CC1=C(C(=O)[O-])N2C(=O)C(NC(=O)C(=NOCC(=O)O)c3csc(N)n3)[C@@H]2SC1. The molecule has 0 aliphatic carbocycles. The molecule has 0 radical (unpaired) electrons. The van der Waals surface area contributed by atoms with Gasteiger partial charge >= 0.3 is 5.97 Å². The molecule has 13 nitrogen and oxygen atoms in total. The Hall–Kier alpha value is -3.17. The van der Waals surface area contributed by atoms with Crippen molar-refractivity contribution in [1.29, 1.82) is 0 Å². The van der Waals surface area contributed by atoms with Crippen LogP contribution in [0.15, 0.2) is 21.8 Å². The van der Waals surface area contributed by atoms with Gasteiger partial charge in [0.25, 0.3) is 11.8 Å². The number of rotatable bonds is 9. The summed E-state index contributed by atoms with van der Waals surface area (Å²) in [5.74, 6) is -3.86. The van der Waals surface area contributed by atoms with Crippen molar-refractivity contribution in [3.05, 3.63) is 22.3 Å². The monoisotopic (exact) mass is 498 g/mol. The van der Waals surface area contributed by atoms with E-state index in [0.717, 1.165) is 16.2 Å². The van der Waals surface area contributed by atoms with Crippen molar-refractivity contribution in [3.63, 3.8) is 0 Å². The second kappa shape index (κ2) is 9.36. The first-order valence-electron chi connectivity index (χ1n) is 9.51. The minimum absolute atomic E-state index is 0.0425. The second-order valence-electron chi connectivity index (χ2n) is 8.23. The number of nitrogens with two attached hydrogens (primary N) is 1. The lowest BCUT2D eigenvalue weighted by atomic mass is 10.0. The molecule has 2 aliphatic heterocycles. The molecule has 178 valence electrons. The van der Waals surface area contributed by atoms with Gasteiger partial charge in [0.2, 0.25) is 6.61 Å². The maximum absolute atomic E-state index is 12.9. The maximum Gasteiger partial charge on any atom is 0.344 e. The van der Waals surface area contributed by atoms with Crippen molar-refractivity contribution in [1.82, 2.24) is 15.2 Å². The summed E-state index contributed by atoms with van der Waals surface area (Å²) in [4.78, 5) is 57.9. The first-order chi connectivity index (χ1) is 15.4. The van der Waals surface area contributed by atoms with Gasteiger partial charge in [-0.05, 0) is 0 Å².